The number of hydrogen-bond acceptors (Lipinski definition) is 3. The second-order valence-corrected chi connectivity index (χ2v) is 5.14. The lowest BCUT2D eigenvalue weighted by Crippen LogP contribution is -2.28. The first-order valence-corrected chi connectivity index (χ1v) is 6.52. The number of oxazole rings is 1. The van der Waals surface area contributed by atoms with Gasteiger partial charge in [0.1, 0.15) is 5.52 Å². The van der Waals surface area contributed by atoms with Gasteiger partial charge in [0.2, 0.25) is 18.3 Å². The largest absolute Gasteiger partial charge is 0.436 e. The van der Waals surface area contributed by atoms with Gasteiger partial charge in [-0.05, 0) is 34.1 Å². The second kappa shape index (κ2) is 4.73. The van der Waals surface area contributed by atoms with Crippen LogP contribution in [0.25, 0.3) is 22.6 Å². The number of alkyl halides is 3. The molecule has 21 heavy (non-hydrogen) atoms. The van der Waals surface area contributed by atoms with Crippen LogP contribution in [0.1, 0.15) is 5.56 Å². The molecule has 1 aromatic carbocycles. The highest BCUT2D eigenvalue weighted by atomic mass is 79.9. The minimum absolute atomic E-state index is 0.118. The van der Waals surface area contributed by atoms with E-state index >= 15 is 0 Å². The summed E-state index contributed by atoms with van der Waals surface area (Å²) in [5.41, 5.74) is 0.110. The minimum atomic E-state index is -4.43. The summed E-state index contributed by atoms with van der Waals surface area (Å²) in [5, 5.41) is 9.26. The lowest BCUT2D eigenvalue weighted by molar-refractivity contribution is -0.905. The molecule has 0 unspecified atom stereocenters. The Hall–Kier alpha value is -2.09. The molecule has 0 amide bonds. The van der Waals surface area contributed by atoms with Gasteiger partial charge in [0.15, 0.2) is 5.58 Å². The molecule has 0 atom stereocenters. The predicted molar refractivity (Wildman–Crippen MR) is 69.5 cm³/mol. The van der Waals surface area contributed by atoms with Crippen molar-refractivity contribution in [3.63, 3.8) is 0 Å². The SMILES string of the molecule is O[n+]1ccc(-c2nc3cc(C(F)(F)F)ccc3o2)c(Br)c1. The van der Waals surface area contributed by atoms with E-state index in [4.69, 9.17) is 4.42 Å². The van der Waals surface area contributed by atoms with Gasteiger partial charge in [0.05, 0.1) is 15.6 Å². The number of halogens is 4. The van der Waals surface area contributed by atoms with Crippen molar-refractivity contribution in [1.82, 2.24) is 4.98 Å². The van der Waals surface area contributed by atoms with Crippen LogP contribution in [0.3, 0.4) is 0 Å². The molecule has 2 heterocycles. The van der Waals surface area contributed by atoms with Gasteiger partial charge in [-0.1, -0.05) is 0 Å². The molecule has 0 spiro atoms. The van der Waals surface area contributed by atoms with Crippen molar-refractivity contribution in [2.24, 2.45) is 0 Å². The van der Waals surface area contributed by atoms with Crippen LogP contribution in [0.2, 0.25) is 0 Å². The van der Waals surface area contributed by atoms with E-state index in [2.05, 4.69) is 20.9 Å². The summed E-state index contributed by atoms with van der Waals surface area (Å²) in [7, 11) is 0. The third-order valence-corrected chi connectivity index (χ3v) is 3.47. The average Bonchev–Trinajstić information content (AvgIpc) is 2.79. The molecule has 2 aromatic heterocycles. The van der Waals surface area contributed by atoms with E-state index in [1.54, 1.807) is 0 Å². The topological polar surface area (TPSA) is 50.1 Å². The standard InChI is InChI=1S/C13H7BrF3N2O2/c14-9-6-19(20)4-3-8(9)12-18-10-5-7(13(15,16)17)1-2-11(10)21-12/h1-6,20H/q+1. The van der Waals surface area contributed by atoms with Crippen LogP contribution in [-0.2, 0) is 6.18 Å². The number of pyridine rings is 1. The van der Waals surface area contributed by atoms with Gasteiger partial charge >= 0.3 is 6.18 Å². The molecule has 3 aromatic rings. The van der Waals surface area contributed by atoms with E-state index in [0.29, 0.717) is 10.0 Å². The van der Waals surface area contributed by atoms with Crippen LogP contribution in [0, 0.1) is 0 Å². The van der Waals surface area contributed by atoms with Crippen LogP contribution >= 0.6 is 15.9 Å². The number of hydrogen-bond donors (Lipinski definition) is 1. The third kappa shape index (κ3) is 2.58. The van der Waals surface area contributed by atoms with Crippen LogP contribution < -0.4 is 4.73 Å². The molecule has 3 rings (SSSR count). The Bertz CT molecular complexity index is 830. The third-order valence-electron chi connectivity index (χ3n) is 2.84. The number of aromatic nitrogens is 2. The van der Waals surface area contributed by atoms with Crippen molar-refractivity contribution in [1.29, 1.82) is 0 Å². The van der Waals surface area contributed by atoms with Crippen LogP contribution in [0.4, 0.5) is 13.2 Å². The van der Waals surface area contributed by atoms with Gasteiger partial charge in [-0.2, -0.15) is 13.2 Å². The molecular formula is C13H7BrF3N2O2+. The number of nitrogens with zero attached hydrogens (tertiary/aromatic N) is 2. The summed E-state index contributed by atoms with van der Waals surface area (Å²) in [6, 6.07) is 4.64. The Balaban J connectivity index is 2.13. The van der Waals surface area contributed by atoms with Gasteiger partial charge < -0.3 is 4.42 Å². The molecule has 0 bridgehead atoms. The molecule has 108 valence electrons. The summed E-state index contributed by atoms with van der Waals surface area (Å²) in [6.45, 7) is 0. The highest BCUT2D eigenvalue weighted by Crippen LogP contribution is 2.33. The summed E-state index contributed by atoms with van der Waals surface area (Å²) < 4.78 is 44.7. The first-order valence-electron chi connectivity index (χ1n) is 5.73. The molecule has 0 saturated carbocycles. The van der Waals surface area contributed by atoms with Gasteiger partial charge in [-0.25, -0.2) is 4.98 Å². The van der Waals surface area contributed by atoms with E-state index in [-0.39, 0.29) is 17.0 Å². The summed E-state index contributed by atoms with van der Waals surface area (Å²) in [5.74, 6) is 0.164. The first kappa shape index (κ1) is 13.9. The molecule has 0 fully saturated rings. The smallest absolute Gasteiger partial charge is 0.416 e. The lowest BCUT2D eigenvalue weighted by atomic mass is 10.2. The average molecular weight is 360 g/mol. The molecule has 4 nitrogen and oxygen atoms in total. The zero-order chi connectivity index (χ0) is 15.2. The zero-order valence-corrected chi connectivity index (χ0v) is 11.8. The van der Waals surface area contributed by atoms with E-state index in [9.17, 15) is 18.4 Å². The molecule has 0 aliphatic carbocycles. The number of rotatable bonds is 1. The Morgan fingerprint density at radius 2 is 2.00 bits per heavy atom. The highest BCUT2D eigenvalue weighted by molar-refractivity contribution is 9.10. The van der Waals surface area contributed by atoms with Crippen molar-refractivity contribution in [3.8, 4) is 11.5 Å². The van der Waals surface area contributed by atoms with Crippen LogP contribution in [-0.4, -0.2) is 10.2 Å². The van der Waals surface area contributed by atoms with Gasteiger partial charge in [0, 0.05) is 10.8 Å². The Morgan fingerprint density at radius 3 is 2.67 bits per heavy atom. The summed E-state index contributed by atoms with van der Waals surface area (Å²) in [4.78, 5) is 4.06. The maximum Gasteiger partial charge on any atom is 0.416 e. The second-order valence-electron chi connectivity index (χ2n) is 4.29. The Morgan fingerprint density at radius 1 is 1.24 bits per heavy atom. The molecule has 0 saturated heterocycles. The summed E-state index contributed by atoms with van der Waals surface area (Å²) in [6.07, 6.45) is -1.70. The monoisotopic (exact) mass is 359 g/mol. The molecule has 8 heteroatoms. The summed E-state index contributed by atoms with van der Waals surface area (Å²) >= 11 is 3.23. The molecule has 1 N–H and O–H groups in total. The maximum absolute atomic E-state index is 12.7. The fraction of sp³-hybridized carbons (Fsp3) is 0.0769. The van der Waals surface area contributed by atoms with E-state index < -0.39 is 11.7 Å². The molecule has 0 aliphatic rings. The van der Waals surface area contributed by atoms with Gasteiger partial charge in [-0.15, -0.1) is 0 Å². The zero-order valence-electron chi connectivity index (χ0n) is 10.2. The van der Waals surface area contributed by atoms with Crippen LogP contribution in [0.15, 0.2) is 45.5 Å². The normalized spacial score (nSPS) is 12.0. The Kier molecular flexibility index (Phi) is 3.12. The molecule has 0 radical (unpaired) electrons. The maximum atomic E-state index is 12.7. The first-order chi connectivity index (χ1) is 9.84. The van der Waals surface area contributed by atoms with Crippen molar-refractivity contribution < 1.29 is 27.5 Å². The minimum Gasteiger partial charge on any atom is -0.436 e. The van der Waals surface area contributed by atoms with Crippen molar-refractivity contribution in [2.45, 2.75) is 6.18 Å². The van der Waals surface area contributed by atoms with E-state index in [1.807, 2.05) is 0 Å². The fourth-order valence-electron chi connectivity index (χ4n) is 1.85. The van der Waals surface area contributed by atoms with E-state index in [0.717, 1.165) is 16.9 Å². The number of fused-ring (bicyclic) bond motifs is 1. The lowest BCUT2D eigenvalue weighted by Gasteiger charge is -2.04. The fourth-order valence-corrected chi connectivity index (χ4v) is 2.36. The molecule has 0 aliphatic heterocycles. The van der Waals surface area contributed by atoms with E-state index in [1.165, 1.54) is 24.5 Å². The highest BCUT2D eigenvalue weighted by Gasteiger charge is 2.31. The predicted octanol–water partition coefficient (Wildman–Crippen LogP) is 3.80. The Labute approximate surface area is 124 Å². The van der Waals surface area contributed by atoms with Crippen molar-refractivity contribution in [2.75, 3.05) is 0 Å². The van der Waals surface area contributed by atoms with Gasteiger partial charge in [-0.3, -0.25) is 5.21 Å². The number of benzene rings is 1. The van der Waals surface area contributed by atoms with Gasteiger partial charge in [0.25, 0.3) is 0 Å². The van der Waals surface area contributed by atoms with Crippen molar-refractivity contribution in [3.05, 3.63) is 46.7 Å². The van der Waals surface area contributed by atoms with Crippen LogP contribution in [0.5, 0.6) is 0 Å². The molecular weight excluding hydrogens is 353 g/mol. The van der Waals surface area contributed by atoms with Crippen molar-refractivity contribution >= 4 is 27.0 Å². The quantitative estimate of drug-likeness (QED) is 0.531.